The lowest BCUT2D eigenvalue weighted by atomic mass is 10.2. The quantitative estimate of drug-likeness (QED) is 0.766. The average molecular weight is 232 g/mol. The Balaban J connectivity index is 2.80. The lowest BCUT2D eigenvalue weighted by molar-refractivity contribution is 0.130. The van der Waals surface area contributed by atoms with Crippen molar-refractivity contribution in [3.05, 3.63) is 29.8 Å². The second-order valence-corrected chi connectivity index (χ2v) is 3.63. The van der Waals surface area contributed by atoms with Crippen LogP contribution in [0.5, 0.6) is 0 Å². The number of hydrogen-bond donors (Lipinski definition) is 2. The molecule has 0 heterocycles. The summed E-state index contributed by atoms with van der Waals surface area (Å²) in [5.41, 5.74) is 6.65. The van der Waals surface area contributed by atoms with E-state index in [0.29, 0.717) is 5.69 Å². The molecule has 0 spiro atoms. The Labute approximate surface area is 101 Å². The predicted molar refractivity (Wildman–Crippen MR) is 67.6 cm³/mol. The molecule has 1 amide bonds. The highest BCUT2D eigenvalue weighted by atomic mass is 16.6. The Hall–Kier alpha value is -1.99. The van der Waals surface area contributed by atoms with Gasteiger partial charge in [0.2, 0.25) is 0 Å². The average Bonchev–Trinajstić information content (AvgIpc) is 2.26. The first-order chi connectivity index (χ1) is 8.13. The molecule has 0 aliphatic rings. The number of benzene rings is 1. The van der Waals surface area contributed by atoms with Gasteiger partial charge >= 0.3 is 6.09 Å². The van der Waals surface area contributed by atoms with Crippen LogP contribution in [-0.4, -0.2) is 18.7 Å². The van der Waals surface area contributed by atoms with E-state index in [1.54, 1.807) is 19.9 Å². The van der Waals surface area contributed by atoms with Crippen LogP contribution in [0.1, 0.15) is 19.4 Å². The fourth-order valence-corrected chi connectivity index (χ4v) is 1.20. The van der Waals surface area contributed by atoms with E-state index >= 15 is 0 Å². The Morgan fingerprint density at radius 1 is 1.47 bits per heavy atom. The molecule has 0 atom stereocenters. The van der Waals surface area contributed by atoms with Gasteiger partial charge in [0.25, 0.3) is 0 Å². The van der Waals surface area contributed by atoms with Crippen molar-refractivity contribution in [3.8, 4) is 11.8 Å². The SMILES string of the molecule is CC(C)OC(=O)Nc1ccccc1C#CCN. The monoisotopic (exact) mass is 232 g/mol. The third-order valence-corrected chi connectivity index (χ3v) is 1.83. The Morgan fingerprint density at radius 2 is 2.18 bits per heavy atom. The number of ether oxygens (including phenoxy) is 1. The van der Waals surface area contributed by atoms with Gasteiger partial charge in [-0.2, -0.15) is 0 Å². The minimum atomic E-state index is -0.484. The molecule has 0 radical (unpaired) electrons. The van der Waals surface area contributed by atoms with E-state index in [2.05, 4.69) is 17.2 Å². The largest absolute Gasteiger partial charge is 0.447 e. The Kier molecular flexibility index (Phi) is 5.05. The summed E-state index contributed by atoms with van der Waals surface area (Å²) in [5, 5.41) is 2.65. The van der Waals surface area contributed by atoms with Gasteiger partial charge in [0.15, 0.2) is 0 Å². The molecular weight excluding hydrogens is 216 g/mol. The van der Waals surface area contributed by atoms with Gasteiger partial charge in [-0.1, -0.05) is 24.0 Å². The van der Waals surface area contributed by atoms with Crippen LogP contribution >= 0.6 is 0 Å². The van der Waals surface area contributed by atoms with Crippen molar-refractivity contribution in [2.24, 2.45) is 5.73 Å². The van der Waals surface area contributed by atoms with Crippen LogP contribution < -0.4 is 11.1 Å². The highest BCUT2D eigenvalue weighted by Crippen LogP contribution is 2.14. The molecule has 0 saturated heterocycles. The predicted octanol–water partition coefficient (Wildman–Crippen LogP) is 1.95. The van der Waals surface area contributed by atoms with Gasteiger partial charge in [-0.3, -0.25) is 5.32 Å². The summed E-state index contributed by atoms with van der Waals surface area (Å²) in [5.74, 6) is 5.63. The zero-order chi connectivity index (χ0) is 12.7. The Morgan fingerprint density at radius 3 is 2.82 bits per heavy atom. The molecule has 90 valence electrons. The van der Waals surface area contributed by atoms with E-state index in [-0.39, 0.29) is 12.6 Å². The molecule has 17 heavy (non-hydrogen) atoms. The van der Waals surface area contributed by atoms with Crippen LogP contribution in [-0.2, 0) is 4.74 Å². The van der Waals surface area contributed by atoms with Crippen molar-refractivity contribution in [3.63, 3.8) is 0 Å². The smallest absolute Gasteiger partial charge is 0.411 e. The maximum absolute atomic E-state index is 11.4. The van der Waals surface area contributed by atoms with Crippen molar-refractivity contribution in [1.29, 1.82) is 0 Å². The fraction of sp³-hybridized carbons (Fsp3) is 0.308. The number of nitrogens with one attached hydrogen (secondary N) is 1. The van der Waals surface area contributed by atoms with Gasteiger partial charge in [-0.05, 0) is 26.0 Å². The van der Waals surface area contributed by atoms with E-state index in [1.165, 1.54) is 0 Å². The highest BCUT2D eigenvalue weighted by molar-refractivity contribution is 5.86. The Bertz CT molecular complexity index is 444. The first kappa shape index (κ1) is 13.1. The van der Waals surface area contributed by atoms with Crippen LogP contribution in [0, 0.1) is 11.8 Å². The molecule has 1 aromatic rings. The standard InChI is InChI=1S/C13H16N2O2/c1-10(2)17-13(16)15-12-8-4-3-6-11(12)7-5-9-14/h3-4,6,8,10H,9,14H2,1-2H3,(H,15,16). The highest BCUT2D eigenvalue weighted by Gasteiger charge is 2.07. The second kappa shape index (κ2) is 6.56. The number of anilines is 1. The summed E-state index contributed by atoms with van der Waals surface area (Å²) in [6.07, 6.45) is -0.640. The minimum absolute atomic E-state index is 0.155. The van der Waals surface area contributed by atoms with Gasteiger partial charge in [-0.15, -0.1) is 0 Å². The summed E-state index contributed by atoms with van der Waals surface area (Å²) in [6, 6.07) is 7.24. The molecule has 3 N–H and O–H groups in total. The third-order valence-electron chi connectivity index (χ3n) is 1.83. The van der Waals surface area contributed by atoms with E-state index in [0.717, 1.165) is 5.56 Å². The number of rotatable bonds is 2. The van der Waals surface area contributed by atoms with Crippen molar-refractivity contribution in [1.82, 2.24) is 0 Å². The van der Waals surface area contributed by atoms with E-state index in [1.807, 2.05) is 18.2 Å². The van der Waals surface area contributed by atoms with Gasteiger partial charge < -0.3 is 10.5 Å². The first-order valence-electron chi connectivity index (χ1n) is 5.39. The van der Waals surface area contributed by atoms with Crippen LogP contribution in [0.3, 0.4) is 0 Å². The van der Waals surface area contributed by atoms with E-state index in [9.17, 15) is 4.79 Å². The zero-order valence-corrected chi connectivity index (χ0v) is 9.99. The summed E-state index contributed by atoms with van der Waals surface area (Å²) < 4.78 is 4.99. The molecule has 4 nitrogen and oxygen atoms in total. The molecule has 4 heteroatoms. The molecule has 0 aliphatic carbocycles. The van der Waals surface area contributed by atoms with Gasteiger partial charge in [0.05, 0.1) is 18.3 Å². The van der Waals surface area contributed by atoms with Crippen LogP contribution in [0.2, 0.25) is 0 Å². The van der Waals surface area contributed by atoms with Crippen LogP contribution in [0.4, 0.5) is 10.5 Å². The van der Waals surface area contributed by atoms with Crippen molar-refractivity contribution < 1.29 is 9.53 Å². The molecule has 1 rings (SSSR count). The summed E-state index contributed by atoms with van der Waals surface area (Å²) in [6.45, 7) is 3.87. The van der Waals surface area contributed by atoms with Crippen molar-refractivity contribution >= 4 is 11.8 Å². The van der Waals surface area contributed by atoms with E-state index < -0.39 is 6.09 Å². The van der Waals surface area contributed by atoms with Crippen LogP contribution in [0.25, 0.3) is 0 Å². The maximum atomic E-state index is 11.4. The van der Waals surface area contributed by atoms with Crippen molar-refractivity contribution in [2.75, 3.05) is 11.9 Å². The third kappa shape index (κ3) is 4.58. The van der Waals surface area contributed by atoms with Gasteiger partial charge in [0, 0.05) is 5.56 Å². The molecule has 1 aromatic carbocycles. The molecule has 0 aliphatic heterocycles. The number of nitrogens with two attached hydrogens (primary N) is 1. The minimum Gasteiger partial charge on any atom is -0.447 e. The lowest BCUT2D eigenvalue weighted by Gasteiger charge is -2.10. The summed E-state index contributed by atoms with van der Waals surface area (Å²) in [4.78, 5) is 11.4. The number of amides is 1. The fourth-order valence-electron chi connectivity index (χ4n) is 1.20. The molecule has 0 aromatic heterocycles. The van der Waals surface area contributed by atoms with Gasteiger partial charge in [0.1, 0.15) is 0 Å². The molecule has 0 fully saturated rings. The molecule has 0 bridgehead atoms. The molecular formula is C13H16N2O2. The number of hydrogen-bond acceptors (Lipinski definition) is 3. The maximum Gasteiger partial charge on any atom is 0.411 e. The zero-order valence-electron chi connectivity index (χ0n) is 9.99. The van der Waals surface area contributed by atoms with Crippen LogP contribution in [0.15, 0.2) is 24.3 Å². The van der Waals surface area contributed by atoms with Gasteiger partial charge in [-0.25, -0.2) is 4.79 Å². The summed E-state index contributed by atoms with van der Waals surface area (Å²) >= 11 is 0. The topological polar surface area (TPSA) is 64.3 Å². The normalized spacial score (nSPS) is 9.41. The molecule has 0 saturated carbocycles. The molecule has 0 unspecified atom stereocenters. The second-order valence-electron chi connectivity index (χ2n) is 3.63. The van der Waals surface area contributed by atoms with E-state index in [4.69, 9.17) is 10.5 Å². The number of carbonyl (C=O) groups is 1. The summed E-state index contributed by atoms with van der Waals surface area (Å²) in [7, 11) is 0. The number of para-hydroxylation sites is 1. The first-order valence-corrected chi connectivity index (χ1v) is 5.39. The lowest BCUT2D eigenvalue weighted by Crippen LogP contribution is -2.18. The number of carbonyl (C=O) groups excluding carboxylic acids is 1. The van der Waals surface area contributed by atoms with Crippen molar-refractivity contribution in [2.45, 2.75) is 20.0 Å².